The summed E-state index contributed by atoms with van der Waals surface area (Å²) in [6.07, 6.45) is 2.52. The van der Waals surface area contributed by atoms with Crippen molar-refractivity contribution in [2.75, 3.05) is 33.2 Å². The lowest BCUT2D eigenvalue weighted by Crippen LogP contribution is -2.39. The van der Waals surface area contributed by atoms with Crippen LogP contribution >= 0.6 is 0 Å². The lowest BCUT2D eigenvalue weighted by atomic mass is 9.92. The summed E-state index contributed by atoms with van der Waals surface area (Å²) in [6.45, 7) is 16.2. The van der Waals surface area contributed by atoms with Crippen molar-refractivity contribution >= 4 is 0 Å². The molecule has 0 amide bonds. The second-order valence-electron chi connectivity index (χ2n) is 6.26. The fraction of sp³-hybridized carbons (Fsp3) is 1.00. The topological polar surface area (TPSA) is 15.3 Å². The zero-order valence-electron chi connectivity index (χ0n) is 12.3. The maximum absolute atomic E-state index is 3.52. The normalized spacial score (nSPS) is 12.8. The van der Waals surface area contributed by atoms with E-state index in [0.717, 1.165) is 19.0 Å². The van der Waals surface area contributed by atoms with Gasteiger partial charge >= 0.3 is 0 Å². The van der Waals surface area contributed by atoms with Gasteiger partial charge in [-0.15, -0.1) is 0 Å². The van der Waals surface area contributed by atoms with Gasteiger partial charge in [-0.1, -0.05) is 34.6 Å². The summed E-state index contributed by atoms with van der Waals surface area (Å²) in [6, 6.07) is 0. The van der Waals surface area contributed by atoms with Gasteiger partial charge in [-0.3, -0.25) is 0 Å². The second kappa shape index (κ2) is 8.08. The Morgan fingerprint density at radius 3 is 2.38 bits per heavy atom. The zero-order chi connectivity index (χ0) is 12.6. The maximum Gasteiger partial charge on any atom is 0.00418 e. The summed E-state index contributed by atoms with van der Waals surface area (Å²) in [4.78, 5) is 2.47. The number of rotatable bonds is 9. The lowest BCUT2D eigenvalue weighted by molar-refractivity contribution is 0.197. The van der Waals surface area contributed by atoms with Crippen molar-refractivity contribution in [2.45, 2.75) is 47.5 Å². The molecule has 0 atom stereocenters. The van der Waals surface area contributed by atoms with Gasteiger partial charge in [0.05, 0.1) is 0 Å². The van der Waals surface area contributed by atoms with Gasteiger partial charge in [0.1, 0.15) is 0 Å². The molecule has 0 aromatic heterocycles. The van der Waals surface area contributed by atoms with Gasteiger partial charge in [0.2, 0.25) is 0 Å². The van der Waals surface area contributed by atoms with Crippen LogP contribution in [0.25, 0.3) is 0 Å². The molecule has 2 heteroatoms. The van der Waals surface area contributed by atoms with Gasteiger partial charge in [0, 0.05) is 13.1 Å². The van der Waals surface area contributed by atoms with Gasteiger partial charge < -0.3 is 10.2 Å². The standard InChI is InChI=1S/C14H32N2/c1-7-9-15-11-14(4,5)12-16(6)10-8-13(2)3/h13,15H,7-12H2,1-6H3. The summed E-state index contributed by atoms with van der Waals surface area (Å²) >= 11 is 0. The van der Waals surface area contributed by atoms with Crippen LogP contribution in [0.1, 0.15) is 47.5 Å². The first-order valence-corrected chi connectivity index (χ1v) is 6.76. The zero-order valence-corrected chi connectivity index (χ0v) is 12.3. The summed E-state index contributed by atoms with van der Waals surface area (Å²) in [5.74, 6) is 0.809. The van der Waals surface area contributed by atoms with E-state index in [-0.39, 0.29) is 0 Å². The first-order chi connectivity index (χ1) is 7.37. The van der Waals surface area contributed by atoms with Crippen molar-refractivity contribution in [3.05, 3.63) is 0 Å². The van der Waals surface area contributed by atoms with Crippen LogP contribution in [0, 0.1) is 11.3 Å². The van der Waals surface area contributed by atoms with Crippen molar-refractivity contribution in [2.24, 2.45) is 11.3 Å². The molecule has 0 fully saturated rings. The van der Waals surface area contributed by atoms with Crippen molar-refractivity contribution in [1.82, 2.24) is 10.2 Å². The van der Waals surface area contributed by atoms with E-state index in [9.17, 15) is 0 Å². The molecule has 16 heavy (non-hydrogen) atoms. The highest BCUT2D eigenvalue weighted by Gasteiger charge is 2.19. The molecular formula is C14H32N2. The van der Waals surface area contributed by atoms with Crippen LogP contribution in [-0.2, 0) is 0 Å². The Bertz CT molecular complexity index is 164. The third kappa shape index (κ3) is 9.17. The third-order valence-corrected chi connectivity index (χ3v) is 2.82. The van der Waals surface area contributed by atoms with Gasteiger partial charge in [-0.25, -0.2) is 0 Å². The minimum Gasteiger partial charge on any atom is -0.316 e. The Morgan fingerprint density at radius 2 is 1.88 bits per heavy atom. The van der Waals surface area contributed by atoms with Crippen LogP contribution < -0.4 is 5.32 Å². The fourth-order valence-corrected chi connectivity index (χ4v) is 1.95. The Labute approximate surface area is 103 Å². The fourth-order valence-electron chi connectivity index (χ4n) is 1.95. The molecule has 98 valence electrons. The summed E-state index contributed by atoms with van der Waals surface area (Å²) in [5, 5.41) is 3.52. The molecule has 0 aliphatic rings. The summed E-state index contributed by atoms with van der Waals surface area (Å²) in [7, 11) is 2.24. The Balaban J connectivity index is 3.76. The molecule has 0 saturated carbocycles. The predicted molar refractivity (Wildman–Crippen MR) is 73.9 cm³/mol. The van der Waals surface area contributed by atoms with E-state index in [2.05, 4.69) is 51.9 Å². The number of hydrogen-bond donors (Lipinski definition) is 1. The third-order valence-electron chi connectivity index (χ3n) is 2.82. The van der Waals surface area contributed by atoms with Gasteiger partial charge in [0.25, 0.3) is 0 Å². The van der Waals surface area contributed by atoms with E-state index in [1.807, 2.05) is 0 Å². The highest BCUT2D eigenvalue weighted by Crippen LogP contribution is 2.15. The van der Waals surface area contributed by atoms with Gasteiger partial charge in [-0.2, -0.15) is 0 Å². The molecule has 2 nitrogen and oxygen atoms in total. The first-order valence-electron chi connectivity index (χ1n) is 6.76. The smallest absolute Gasteiger partial charge is 0.00418 e. The van der Waals surface area contributed by atoms with Crippen molar-refractivity contribution < 1.29 is 0 Å². The number of hydrogen-bond acceptors (Lipinski definition) is 2. The average molecular weight is 228 g/mol. The first kappa shape index (κ1) is 15.9. The van der Waals surface area contributed by atoms with Crippen molar-refractivity contribution in [3.63, 3.8) is 0 Å². The van der Waals surface area contributed by atoms with Crippen LogP contribution in [0.4, 0.5) is 0 Å². The quantitative estimate of drug-likeness (QED) is 0.610. The van der Waals surface area contributed by atoms with Crippen molar-refractivity contribution in [3.8, 4) is 0 Å². The van der Waals surface area contributed by atoms with E-state index in [1.165, 1.54) is 25.9 Å². The Hall–Kier alpha value is -0.0800. The van der Waals surface area contributed by atoms with E-state index in [1.54, 1.807) is 0 Å². The van der Waals surface area contributed by atoms with E-state index < -0.39 is 0 Å². The second-order valence-corrected chi connectivity index (χ2v) is 6.26. The van der Waals surface area contributed by atoms with E-state index in [0.29, 0.717) is 5.41 Å². The van der Waals surface area contributed by atoms with Gasteiger partial charge in [-0.05, 0) is 44.3 Å². The van der Waals surface area contributed by atoms with Crippen LogP contribution in [-0.4, -0.2) is 38.1 Å². The molecule has 0 aromatic rings. The maximum atomic E-state index is 3.52. The van der Waals surface area contributed by atoms with E-state index >= 15 is 0 Å². The average Bonchev–Trinajstić information content (AvgIpc) is 2.14. The molecule has 0 rings (SSSR count). The molecule has 0 aromatic carbocycles. The highest BCUT2D eigenvalue weighted by atomic mass is 15.1. The molecule has 0 spiro atoms. The summed E-state index contributed by atoms with van der Waals surface area (Å²) in [5.41, 5.74) is 0.376. The molecule has 1 N–H and O–H groups in total. The molecule has 0 heterocycles. The van der Waals surface area contributed by atoms with Crippen LogP contribution in [0.2, 0.25) is 0 Å². The Kier molecular flexibility index (Phi) is 8.04. The minimum absolute atomic E-state index is 0.376. The van der Waals surface area contributed by atoms with Gasteiger partial charge in [0.15, 0.2) is 0 Å². The molecule has 0 unspecified atom stereocenters. The monoisotopic (exact) mass is 228 g/mol. The van der Waals surface area contributed by atoms with Crippen LogP contribution in [0.15, 0.2) is 0 Å². The highest BCUT2D eigenvalue weighted by molar-refractivity contribution is 4.75. The lowest BCUT2D eigenvalue weighted by Gasteiger charge is -2.31. The molecule has 0 bridgehead atoms. The van der Waals surface area contributed by atoms with Crippen LogP contribution in [0.5, 0.6) is 0 Å². The number of nitrogens with one attached hydrogen (secondary N) is 1. The minimum atomic E-state index is 0.376. The Morgan fingerprint density at radius 1 is 1.25 bits per heavy atom. The predicted octanol–water partition coefficient (Wildman–Crippen LogP) is 2.99. The molecule has 0 radical (unpaired) electrons. The summed E-state index contributed by atoms with van der Waals surface area (Å²) < 4.78 is 0. The number of nitrogens with zero attached hydrogens (tertiary/aromatic N) is 1. The molecule has 0 aliphatic heterocycles. The van der Waals surface area contributed by atoms with E-state index in [4.69, 9.17) is 0 Å². The SMILES string of the molecule is CCCNCC(C)(C)CN(C)CCC(C)C. The molecule has 0 saturated heterocycles. The van der Waals surface area contributed by atoms with Crippen LogP contribution in [0.3, 0.4) is 0 Å². The molecular weight excluding hydrogens is 196 g/mol. The van der Waals surface area contributed by atoms with Crippen molar-refractivity contribution in [1.29, 1.82) is 0 Å². The largest absolute Gasteiger partial charge is 0.316 e. The molecule has 0 aliphatic carbocycles.